The van der Waals surface area contributed by atoms with Crippen LogP contribution in [0.25, 0.3) is 0 Å². The Morgan fingerprint density at radius 3 is 3.00 bits per heavy atom. The molecular formula is C13H20N2OS. The number of piperidine rings is 1. The van der Waals surface area contributed by atoms with Crippen molar-refractivity contribution in [1.29, 1.82) is 0 Å². The number of thiophene rings is 1. The summed E-state index contributed by atoms with van der Waals surface area (Å²) in [6.07, 6.45) is 2.93. The van der Waals surface area contributed by atoms with Crippen LogP contribution in [0.15, 0.2) is 17.5 Å². The minimum absolute atomic E-state index is 0.143. The monoisotopic (exact) mass is 252 g/mol. The molecule has 1 aromatic rings. The molecule has 1 aliphatic heterocycles. The predicted molar refractivity (Wildman–Crippen MR) is 71.1 cm³/mol. The van der Waals surface area contributed by atoms with Gasteiger partial charge in [0.1, 0.15) is 0 Å². The van der Waals surface area contributed by atoms with Gasteiger partial charge < -0.3 is 10.6 Å². The molecule has 1 aliphatic rings. The molecule has 17 heavy (non-hydrogen) atoms. The van der Waals surface area contributed by atoms with Crippen LogP contribution in [-0.4, -0.2) is 19.0 Å². The molecule has 0 aliphatic carbocycles. The van der Waals surface area contributed by atoms with Crippen LogP contribution in [0.3, 0.4) is 0 Å². The second-order valence-electron chi connectivity index (χ2n) is 4.70. The number of amides is 1. The number of carbonyl (C=O) groups excluding carboxylic acids is 1. The van der Waals surface area contributed by atoms with Crippen LogP contribution < -0.4 is 10.6 Å². The van der Waals surface area contributed by atoms with Gasteiger partial charge in [0, 0.05) is 11.3 Å². The lowest BCUT2D eigenvalue weighted by molar-refractivity contribution is -0.122. The predicted octanol–water partition coefficient (Wildman–Crippen LogP) is 2.32. The number of rotatable bonds is 4. The Hall–Kier alpha value is -0.870. The Balaban J connectivity index is 1.76. The zero-order chi connectivity index (χ0) is 12.1. The zero-order valence-electron chi connectivity index (χ0n) is 10.2. The van der Waals surface area contributed by atoms with Crippen LogP contribution in [0.1, 0.15) is 37.1 Å². The summed E-state index contributed by atoms with van der Waals surface area (Å²) in [6.45, 7) is 4.16. The highest BCUT2D eigenvalue weighted by Crippen LogP contribution is 2.20. The summed E-state index contributed by atoms with van der Waals surface area (Å²) in [4.78, 5) is 13.1. The van der Waals surface area contributed by atoms with Crippen molar-refractivity contribution in [2.24, 2.45) is 5.92 Å². The van der Waals surface area contributed by atoms with E-state index in [9.17, 15) is 4.79 Å². The lowest BCUT2D eigenvalue weighted by Gasteiger charge is -2.22. The van der Waals surface area contributed by atoms with Gasteiger partial charge in [-0.3, -0.25) is 4.79 Å². The normalized spacial score (nSPS) is 18.9. The van der Waals surface area contributed by atoms with E-state index in [0.717, 1.165) is 25.9 Å². The first-order valence-electron chi connectivity index (χ1n) is 6.29. The maximum atomic E-state index is 11.9. The molecule has 2 heterocycles. The van der Waals surface area contributed by atoms with Crippen molar-refractivity contribution >= 4 is 17.2 Å². The summed E-state index contributed by atoms with van der Waals surface area (Å²) in [5, 5.41) is 8.45. The molecule has 1 saturated heterocycles. The molecule has 94 valence electrons. The number of hydrogen-bond acceptors (Lipinski definition) is 3. The summed E-state index contributed by atoms with van der Waals surface area (Å²) >= 11 is 1.69. The van der Waals surface area contributed by atoms with Crippen molar-refractivity contribution in [3.63, 3.8) is 0 Å². The summed E-state index contributed by atoms with van der Waals surface area (Å²) in [5.74, 6) is 0.754. The van der Waals surface area contributed by atoms with E-state index in [1.54, 1.807) is 11.3 Å². The average Bonchev–Trinajstić information content (AvgIpc) is 2.83. The van der Waals surface area contributed by atoms with Crippen molar-refractivity contribution in [3.05, 3.63) is 22.4 Å². The van der Waals surface area contributed by atoms with E-state index in [-0.39, 0.29) is 11.9 Å². The van der Waals surface area contributed by atoms with Crippen molar-refractivity contribution in [1.82, 2.24) is 10.6 Å². The van der Waals surface area contributed by atoms with Crippen molar-refractivity contribution < 1.29 is 4.79 Å². The maximum absolute atomic E-state index is 11.9. The van der Waals surface area contributed by atoms with Crippen molar-refractivity contribution in [2.75, 3.05) is 13.1 Å². The van der Waals surface area contributed by atoms with Crippen LogP contribution in [-0.2, 0) is 4.79 Å². The molecule has 1 atom stereocenters. The summed E-state index contributed by atoms with van der Waals surface area (Å²) < 4.78 is 0. The fourth-order valence-corrected chi connectivity index (χ4v) is 2.99. The van der Waals surface area contributed by atoms with E-state index in [0.29, 0.717) is 12.3 Å². The zero-order valence-corrected chi connectivity index (χ0v) is 11.1. The minimum Gasteiger partial charge on any atom is -0.349 e. The summed E-state index contributed by atoms with van der Waals surface area (Å²) in [5.41, 5.74) is 0. The smallest absolute Gasteiger partial charge is 0.220 e. The van der Waals surface area contributed by atoms with Gasteiger partial charge in [-0.1, -0.05) is 6.07 Å². The third kappa shape index (κ3) is 3.82. The topological polar surface area (TPSA) is 41.1 Å². The molecule has 0 spiro atoms. The maximum Gasteiger partial charge on any atom is 0.220 e. The second kappa shape index (κ2) is 6.17. The fourth-order valence-electron chi connectivity index (χ4n) is 2.26. The first-order valence-corrected chi connectivity index (χ1v) is 7.17. The highest BCUT2D eigenvalue weighted by molar-refractivity contribution is 7.10. The molecule has 1 fully saturated rings. The quantitative estimate of drug-likeness (QED) is 0.863. The highest BCUT2D eigenvalue weighted by atomic mass is 32.1. The lowest BCUT2D eigenvalue weighted by Crippen LogP contribution is -2.33. The third-order valence-corrected chi connectivity index (χ3v) is 4.34. The second-order valence-corrected chi connectivity index (χ2v) is 5.68. The number of nitrogens with one attached hydrogen (secondary N) is 2. The molecular weight excluding hydrogens is 232 g/mol. The van der Waals surface area contributed by atoms with Crippen molar-refractivity contribution in [2.45, 2.75) is 32.2 Å². The minimum atomic E-state index is 0.143. The molecule has 3 nitrogen and oxygen atoms in total. The summed E-state index contributed by atoms with van der Waals surface area (Å²) in [6, 6.07) is 4.24. The summed E-state index contributed by atoms with van der Waals surface area (Å²) in [7, 11) is 0. The average molecular weight is 252 g/mol. The van der Waals surface area contributed by atoms with Gasteiger partial charge in [0.2, 0.25) is 5.91 Å². The Labute approximate surface area is 107 Å². The fraction of sp³-hybridized carbons (Fsp3) is 0.615. The van der Waals surface area contributed by atoms with Crippen LogP contribution in [0.4, 0.5) is 0 Å². The van der Waals surface area contributed by atoms with Gasteiger partial charge in [0.05, 0.1) is 6.04 Å². The molecule has 0 aromatic carbocycles. The molecule has 0 radical (unpaired) electrons. The van der Waals surface area contributed by atoms with Gasteiger partial charge in [0.15, 0.2) is 0 Å². The largest absolute Gasteiger partial charge is 0.349 e. The SMILES string of the molecule is C[C@@H](NC(=O)CC1CCNCC1)c1cccs1. The molecule has 0 saturated carbocycles. The van der Waals surface area contributed by atoms with E-state index < -0.39 is 0 Å². The van der Waals surface area contributed by atoms with Crippen LogP contribution >= 0.6 is 11.3 Å². The Kier molecular flexibility index (Phi) is 4.57. The molecule has 0 bridgehead atoms. The molecule has 2 rings (SSSR count). The van der Waals surface area contributed by atoms with Gasteiger partial charge in [-0.15, -0.1) is 11.3 Å². The van der Waals surface area contributed by atoms with E-state index >= 15 is 0 Å². The molecule has 0 unspecified atom stereocenters. The van der Waals surface area contributed by atoms with Gasteiger partial charge in [0.25, 0.3) is 0 Å². The van der Waals surface area contributed by atoms with Gasteiger partial charge in [-0.25, -0.2) is 0 Å². The molecule has 4 heteroatoms. The van der Waals surface area contributed by atoms with Crippen molar-refractivity contribution in [3.8, 4) is 0 Å². The van der Waals surface area contributed by atoms with Crippen LogP contribution in [0.2, 0.25) is 0 Å². The number of carbonyl (C=O) groups is 1. The third-order valence-electron chi connectivity index (χ3n) is 3.28. The molecule has 2 N–H and O–H groups in total. The van der Waals surface area contributed by atoms with Gasteiger partial charge >= 0.3 is 0 Å². The first-order chi connectivity index (χ1) is 8.25. The Morgan fingerprint density at radius 1 is 1.59 bits per heavy atom. The standard InChI is InChI=1S/C13H20N2OS/c1-10(12-3-2-8-17-12)15-13(16)9-11-4-6-14-7-5-11/h2-3,8,10-11,14H,4-7,9H2,1H3,(H,15,16)/t10-/m1/s1. The highest BCUT2D eigenvalue weighted by Gasteiger charge is 2.18. The van der Waals surface area contributed by atoms with Crippen LogP contribution in [0.5, 0.6) is 0 Å². The van der Waals surface area contributed by atoms with Gasteiger partial charge in [-0.05, 0) is 50.2 Å². The Bertz CT molecular complexity index is 344. The lowest BCUT2D eigenvalue weighted by atomic mass is 9.94. The molecule has 1 aromatic heterocycles. The number of hydrogen-bond donors (Lipinski definition) is 2. The van der Waals surface area contributed by atoms with Gasteiger partial charge in [-0.2, -0.15) is 0 Å². The van der Waals surface area contributed by atoms with Crippen LogP contribution in [0, 0.1) is 5.92 Å². The van der Waals surface area contributed by atoms with E-state index in [2.05, 4.69) is 16.7 Å². The van der Waals surface area contributed by atoms with E-state index in [1.807, 2.05) is 18.4 Å². The van der Waals surface area contributed by atoms with E-state index in [4.69, 9.17) is 0 Å². The first kappa shape index (κ1) is 12.6. The Morgan fingerprint density at radius 2 is 2.35 bits per heavy atom. The molecule has 1 amide bonds. The van der Waals surface area contributed by atoms with E-state index in [1.165, 1.54) is 4.88 Å².